The molecule has 18 heavy (non-hydrogen) atoms. The number of anilines is 1. The van der Waals surface area contributed by atoms with E-state index in [0.717, 1.165) is 17.9 Å². The lowest BCUT2D eigenvalue weighted by Crippen LogP contribution is -2.40. The van der Waals surface area contributed by atoms with Gasteiger partial charge in [-0.3, -0.25) is 4.79 Å². The first-order valence-electron chi connectivity index (χ1n) is 6.16. The molecule has 0 spiro atoms. The van der Waals surface area contributed by atoms with Crippen LogP contribution in [0.1, 0.15) is 26.2 Å². The average molecular weight is 260 g/mol. The Balaban J connectivity index is 2.01. The smallest absolute Gasteiger partial charge is 0.244 e. The second-order valence-electron chi connectivity index (χ2n) is 4.46. The standard InChI is InChI=1S/C14H16N2OS/c1-2-18-12-6-4-11(5-7-12)16-13(17)14(10-15)8-3-9-14/h4-7H,2-3,8-9H2,1H3,(H,16,17). The van der Waals surface area contributed by atoms with Gasteiger partial charge in [0.1, 0.15) is 5.41 Å². The van der Waals surface area contributed by atoms with Gasteiger partial charge in [-0.1, -0.05) is 6.92 Å². The third-order valence-electron chi connectivity index (χ3n) is 3.28. The van der Waals surface area contributed by atoms with Crippen molar-refractivity contribution in [3.8, 4) is 6.07 Å². The number of benzene rings is 1. The van der Waals surface area contributed by atoms with Crippen LogP contribution in [0.25, 0.3) is 0 Å². The first-order valence-corrected chi connectivity index (χ1v) is 7.14. The van der Waals surface area contributed by atoms with E-state index in [9.17, 15) is 4.79 Å². The third kappa shape index (κ3) is 2.51. The zero-order valence-electron chi connectivity index (χ0n) is 10.4. The van der Waals surface area contributed by atoms with Crippen molar-refractivity contribution in [2.24, 2.45) is 5.41 Å². The minimum Gasteiger partial charge on any atom is -0.325 e. The molecule has 0 aliphatic heterocycles. The zero-order chi connectivity index (χ0) is 13.0. The Bertz CT molecular complexity index is 472. The minimum absolute atomic E-state index is 0.160. The van der Waals surface area contributed by atoms with Crippen LogP contribution in [-0.4, -0.2) is 11.7 Å². The first kappa shape index (κ1) is 13.0. The predicted molar refractivity (Wildman–Crippen MR) is 73.4 cm³/mol. The normalized spacial score (nSPS) is 16.4. The van der Waals surface area contributed by atoms with Crippen molar-refractivity contribution < 1.29 is 4.79 Å². The highest BCUT2D eigenvalue weighted by Gasteiger charge is 2.44. The second-order valence-corrected chi connectivity index (χ2v) is 5.80. The van der Waals surface area contributed by atoms with E-state index in [1.165, 1.54) is 4.90 Å². The van der Waals surface area contributed by atoms with E-state index in [4.69, 9.17) is 5.26 Å². The number of nitrogens with zero attached hydrogens (tertiary/aromatic N) is 1. The van der Waals surface area contributed by atoms with Crippen molar-refractivity contribution in [2.75, 3.05) is 11.1 Å². The maximum Gasteiger partial charge on any atom is 0.244 e. The van der Waals surface area contributed by atoms with Gasteiger partial charge < -0.3 is 5.32 Å². The molecule has 0 saturated heterocycles. The third-order valence-corrected chi connectivity index (χ3v) is 4.17. The number of hydrogen-bond acceptors (Lipinski definition) is 3. The molecule has 1 N–H and O–H groups in total. The highest BCUT2D eigenvalue weighted by Crippen LogP contribution is 2.41. The molecule has 1 fully saturated rings. The molecule has 1 aromatic rings. The molecule has 0 atom stereocenters. The van der Waals surface area contributed by atoms with Crippen molar-refractivity contribution in [3.63, 3.8) is 0 Å². The Hall–Kier alpha value is -1.47. The molecule has 0 unspecified atom stereocenters. The molecule has 1 aliphatic rings. The first-order chi connectivity index (χ1) is 8.70. The molecule has 94 valence electrons. The van der Waals surface area contributed by atoms with Crippen LogP contribution in [0.2, 0.25) is 0 Å². The summed E-state index contributed by atoms with van der Waals surface area (Å²) in [6.45, 7) is 2.10. The second kappa shape index (κ2) is 5.45. The summed E-state index contributed by atoms with van der Waals surface area (Å²) in [5.74, 6) is 0.871. The van der Waals surface area contributed by atoms with Gasteiger partial charge >= 0.3 is 0 Å². The minimum atomic E-state index is -0.781. The molecule has 2 rings (SSSR count). The Morgan fingerprint density at radius 2 is 2.11 bits per heavy atom. The van der Waals surface area contributed by atoms with Crippen LogP contribution in [0.15, 0.2) is 29.2 Å². The molecule has 1 aromatic carbocycles. The van der Waals surface area contributed by atoms with Gasteiger partial charge in [0, 0.05) is 10.6 Å². The Kier molecular flexibility index (Phi) is 3.93. The van der Waals surface area contributed by atoms with Gasteiger partial charge in [0.05, 0.1) is 6.07 Å². The van der Waals surface area contributed by atoms with Gasteiger partial charge in [0.25, 0.3) is 0 Å². The molecule has 0 aromatic heterocycles. The van der Waals surface area contributed by atoms with E-state index in [1.807, 2.05) is 24.3 Å². The largest absolute Gasteiger partial charge is 0.325 e. The van der Waals surface area contributed by atoms with Gasteiger partial charge in [-0.25, -0.2) is 0 Å². The van der Waals surface area contributed by atoms with Crippen LogP contribution >= 0.6 is 11.8 Å². The topological polar surface area (TPSA) is 52.9 Å². The number of hydrogen-bond donors (Lipinski definition) is 1. The quantitative estimate of drug-likeness (QED) is 0.844. The Morgan fingerprint density at radius 3 is 2.56 bits per heavy atom. The summed E-state index contributed by atoms with van der Waals surface area (Å²) in [5.41, 5.74) is -0.0152. The molecular weight excluding hydrogens is 244 g/mol. The number of nitriles is 1. The summed E-state index contributed by atoms with van der Waals surface area (Å²) in [6.07, 6.45) is 2.32. The number of nitrogens with one attached hydrogen (secondary N) is 1. The predicted octanol–water partition coefficient (Wildman–Crippen LogP) is 3.43. The maximum atomic E-state index is 12.0. The fourth-order valence-electron chi connectivity index (χ4n) is 1.97. The average Bonchev–Trinajstić information content (AvgIpc) is 2.31. The highest BCUT2D eigenvalue weighted by atomic mass is 32.2. The SMILES string of the molecule is CCSc1ccc(NC(=O)C2(C#N)CCC2)cc1. The lowest BCUT2D eigenvalue weighted by atomic mass is 9.69. The lowest BCUT2D eigenvalue weighted by molar-refractivity contribution is -0.126. The van der Waals surface area contributed by atoms with Crippen molar-refractivity contribution in [3.05, 3.63) is 24.3 Å². The summed E-state index contributed by atoms with van der Waals surface area (Å²) in [5, 5.41) is 11.9. The molecule has 1 amide bonds. The van der Waals surface area contributed by atoms with Gasteiger partial charge in [-0.2, -0.15) is 5.26 Å². The van der Waals surface area contributed by atoms with Crippen molar-refractivity contribution >= 4 is 23.4 Å². The fraction of sp³-hybridized carbons (Fsp3) is 0.429. The van der Waals surface area contributed by atoms with Gasteiger partial charge in [-0.15, -0.1) is 11.8 Å². The van der Waals surface area contributed by atoms with Crippen LogP contribution in [0.3, 0.4) is 0 Å². The van der Waals surface area contributed by atoms with Gasteiger partial charge in [0.15, 0.2) is 0 Å². The van der Waals surface area contributed by atoms with E-state index < -0.39 is 5.41 Å². The highest BCUT2D eigenvalue weighted by molar-refractivity contribution is 7.99. The monoisotopic (exact) mass is 260 g/mol. The molecule has 1 saturated carbocycles. The summed E-state index contributed by atoms with van der Waals surface area (Å²) in [7, 11) is 0. The van der Waals surface area contributed by atoms with E-state index >= 15 is 0 Å². The van der Waals surface area contributed by atoms with Crippen molar-refractivity contribution in [1.29, 1.82) is 5.26 Å². The van der Waals surface area contributed by atoms with E-state index in [0.29, 0.717) is 12.8 Å². The summed E-state index contributed by atoms with van der Waals surface area (Å²) >= 11 is 1.76. The number of rotatable bonds is 4. The number of thioether (sulfide) groups is 1. The lowest BCUT2D eigenvalue weighted by Gasteiger charge is -2.33. The summed E-state index contributed by atoms with van der Waals surface area (Å²) in [6, 6.07) is 9.91. The van der Waals surface area contributed by atoms with Gasteiger partial charge in [0.2, 0.25) is 5.91 Å². The zero-order valence-corrected chi connectivity index (χ0v) is 11.2. The van der Waals surface area contributed by atoms with Crippen LogP contribution in [0, 0.1) is 16.7 Å². The van der Waals surface area contributed by atoms with Crippen molar-refractivity contribution in [2.45, 2.75) is 31.1 Å². The molecular formula is C14H16N2OS. The molecule has 4 heteroatoms. The van der Waals surface area contributed by atoms with Crippen LogP contribution in [0.4, 0.5) is 5.69 Å². The number of carbonyl (C=O) groups excluding carboxylic acids is 1. The molecule has 1 aliphatic carbocycles. The maximum absolute atomic E-state index is 12.0. The molecule has 0 bridgehead atoms. The Labute approximate surface area is 112 Å². The van der Waals surface area contributed by atoms with Crippen LogP contribution in [0.5, 0.6) is 0 Å². The Morgan fingerprint density at radius 1 is 1.44 bits per heavy atom. The van der Waals surface area contributed by atoms with E-state index in [2.05, 4.69) is 18.3 Å². The summed E-state index contributed by atoms with van der Waals surface area (Å²) in [4.78, 5) is 13.2. The van der Waals surface area contributed by atoms with Crippen LogP contribution in [-0.2, 0) is 4.79 Å². The van der Waals surface area contributed by atoms with Crippen LogP contribution < -0.4 is 5.32 Å². The van der Waals surface area contributed by atoms with E-state index in [-0.39, 0.29) is 5.91 Å². The number of amides is 1. The van der Waals surface area contributed by atoms with E-state index in [1.54, 1.807) is 11.8 Å². The summed E-state index contributed by atoms with van der Waals surface area (Å²) < 4.78 is 0. The molecule has 0 radical (unpaired) electrons. The number of carbonyl (C=O) groups is 1. The van der Waals surface area contributed by atoms with Gasteiger partial charge in [-0.05, 0) is 49.3 Å². The molecule has 0 heterocycles. The molecule has 3 nitrogen and oxygen atoms in total. The fourth-order valence-corrected chi connectivity index (χ4v) is 2.63. The van der Waals surface area contributed by atoms with Crippen molar-refractivity contribution in [1.82, 2.24) is 0 Å².